The van der Waals surface area contributed by atoms with Crippen molar-refractivity contribution in [3.05, 3.63) is 65.7 Å². The zero-order chi connectivity index (χ0) is 13.4. The summed E-state index contributed by atoms with van der Waals surface area (Å²) in [6, 6.07) is 8.58. The number of fused-ring (bicyclic) bond motifs is 1. The third kappa shape index (κ3) is 2.08. The van der Waals surface area contributed by atoms with Crippen LogP contribution in [0.3, 0.4) is 0 Å². The molecule has 0 spiro atoms. The Morgan fingerprint density at radius 3 is 2.68 bits per heavy atom. The van der Waals surface area contributed by atoms with E-state index in [-0.39, 0.29) is 17.0 Å². The number of halogens is 2. The lowest BCUT2D eigenvalue weighted by molar-refractivity contribution is 0.187. The van der Waals surface area contributed by atoms with E-state index in [1.807, 2.05) is 0 Å². The summed E-state index contributed by atoms with van der Waals surface area (Å²) in [6.45, 7) is 0. The molecule has 0 amide bonds. The summed E-state index contributed by atoms with van der Waals surface area (Å²) in [5.74, 6) is -0.825. The number of hydrogen-bond acceptors (Lipinski definition) is 3. The normalized spacial score (nSPS) is 12.8. The average molecular weight is 261 g/mol. The van der Waals surface area contributed by atoms with Crippen LogP contribution in [0.1, 0.15) is 17.6 Å². The molecule has 1 N–H and O–H groups in total. The van der Waals surface area contributed by atoms with E-state index in [0.29, 0.717) is 5.39 Å². The number of para-hydroxylation sites is 1. The maximum absolute atomic E-state index is 13.5. The van der Waals surface area contributed by atoms with Gasteiger partial charge in [-0.25, -0.2) is 8.78 Å². The van der Waals surface area contributed by atoms with E-state index >= 15 is 0 Å². The molecule has 19 heavy (non-hydrogen) atoms. The highest BCUT2D eigenvalue weighted by Gasteiger charge is 2.18. The number of aliphatic hydroxyl groups excluding tert-OH is 1. The fourth-order valence-electron chi connectivity index (χ4n) is 1.88. The quantitative estimate of drug-likeness (QED) is 0.770. The van der Waals surface area contributed by atoms with Crippen LogP contribution in [-0.2, 0) is 0 Å². The number of aromatic nitrogens is 1. The van der Waals surface area contributed by atoms with Gasteiger partial charge in [-0.2, -0.15) is 0 Å². The Morgan fingerprint density at radius 2 is 2.00 bits per heavy atom. The molecule has 3 nitrogen and oxygen atoms in total. The molecule has 0 radical (unpaired) electrons. The van der Waals surface area contributed by atoms with Gasteiger partial charge in [-0.1, -0.05) is 12.1 Å². The second-order valence-electron chi connectivity index (χ2n) is 4.11. The summed E-state index contributed by atoms with van der Waals surface area (Å²) < 4.78 is 31.5. The Hall–Kier alpha value is -2.27. The Labute approximate surface area is 107 Å². The van der Waals surface area contributed by atoms with E-state index in [1.54, 1.807) is 12.1 Å². The van der Waals surface area contributed by atoms with E-state index in [1.165, 1.54) is 24.3 Å². The Morgan fingerprint density at radius 1 is 1.16 bits per heavy atom. The lowest BCUT2D eigenvalue weighted by Crippen LogP contribution is -2.00. The zero-order valence-corrected chi connectivity index (χ0v) is 9.68. The molecule has 0 fully saturated rings. The van der Waals surface area contributed by atoms with Crippen LogP contribution in [0.5, 0.6) is 0 Å². The van der Waals surface area contributed by atoms with Gasteiger partial charge in [0.25, 0.3) is 0 Å². The first-order valence-corrected chi connectivity index (χ1v) is 5.62. The Kier molecular flexibility index (Phi) is 2.76. The molecule has 0 saturated heterocycles. The molecule has 0 aliphatic rings. The van der Waals surface area contributed by atoms with Crippen molar-refractivity contribution >= 4 is 11.0 Å². The summed E-state index contributed by atoms with van der Waals surface area (Å²) in [4.78, 5) is 3.77. The van der Waals surface area contributed by atoms with Crippen molar-refractivity contribution in [1.29, 1.82) is 0 Å². The second kappa shape index (κ2) is 4.44. The molecule has 0 saturated carbocycles. The molecule has 0 aliphatic heterocycles. The predicted octanol–water partition coefficient (Wildman–Crippen LogP) is 3.19. The molecule has 1 aromatic carbocycles. The van der Waals surface area contributed by atoms with Gasteiger partial charge in [-0.05, 0) is 24.3 Å². The van der Waals surface area contributed by atoms with Gasteiger partial charge in [0.2, 0.25) is 0 Å². The van der Waals surface area contributed by atoms with Gasteiger partial charge in [0, 0.05) is 5.39 Å². The SMILES string of the molecule is OC(c1ccc(F)cn1)c1cc2cccc(F)c2o1. The van der Waals surface area contributed by atoms with Crippen LogP contribution < -0.4 is 0 Å². The maximum Gasteiger partial charge on any atom is 0.170 e. The standard InChI is InChI=1S/C14H9F2NO2/c15-9-4-5-11(17-7-9)13(18)12-6-8-2-1-3-10(16)14(8)19-12/h1-7,13,18H. The van der Waals surface area contributed by atoms with Gasteiger partial charge >= 0.3 is 0 Å². The van der Waals surface area contributed by atoms with Crippen molar-refractivity contribution in [1.82, 2.24) is 4.98 Å². The number of furan rings is 1. The van der Waals surface area contributed by atoms with Crippen LogP contribution in [0.15, 0.2) is 47.0 Å². The topological polar surface area (TPSA) is 46.3 Å². The van der Waals surface area contributed by atoms with Crippen LogP contribution >= 0.6 is 0 Å². The van der Waals surface area contributed by atoms with Crippen molar-refractivity contribution in [2.75, 3.05) is 0 Å². The van der Waals surface area contributed by atoms with Crippen LogP contribution in [-0.4, -0.2) is 10.1 Å². The number of benzene rings is 1. The fourth-order valence-corrected chi connectivity index (χ4v) is 1.88. The maximum atomic E-state index is 13.5. The van der Waals surface area contributed by atoms with E-state index in [9.17, 15) is 13.9 Å². The molecule has 2 aromatic heterocycles. The van der Waals surface area contributed by atoms with Crippen LogP contribution in [0, 0.1) is 11.6 Å². The lowest BCUT2D eigenvalue weighted by atomic mass is 10.1. The fraction of sp³-hybridized carbons (Fsp3) is 0.0714. The molecule has 0 bridgehead atoms. The third-order valence-electron chi connectivity index (χ3n) is 2.82. The smallest absolute Gasteiger partial charge is 0.170 e. The molecule has 2 heterocycles. The summed E-state index contributed by atoms with van der Waals surface area (Å²) in [6.07, 6.45) is -0.158. The van der Waals surface area contributed by atoms with Crippen molar-refractivity contribution in [3.8, 4) is 0 Å². The lowest BCUT2D eigenvalue weighted by Gasteiger charge is -2.06. The molecular weight excluding hydrogens is 252 g/mol. The third-order valence-corrected chi connectivity index (χ3v) is 2.82. The molecule has 1 atom stereocenters. The average Bonchev–Trinajstić information content (AvgIpc) is 2.84. The van der Waals surface area contributed by atoms with E-state index in [2.05, 4.69) is 4.98 Å². The van der Waals surface area contributed by atoms with Gasteiger partial charge in [-0.3, -0.25) is 4.98 Å². The Bertz CT molecular complexity index is 722. The van der Waals surface area contributed by atoms with Gasteiger partial charge in [0.05, 0.1) is 11.9 Å². The van der Waals surface area contributed by atoms with E-state index in [0.717, 1.165) is 6.20 Å². The van der Waals surface area contributed by atoms with Gasteiger partial charge in [0.15, 0.2) is 17.5 Å². The molecule has 1 unspecified atom stereocenters. The molecule has 96 valence electrons. The first-order valence-electron chi connectivity index (χ1n) is 5.62. The van der Waals surface area contributed by atoms with Crippen molar-refractivity contribution < 1.29 is 18.3 Å². The number of nitrogens with zero attached hydrogens (tertiary/aromatic N) is 1. The minimum atomic E-state index is -1.16. The molecule has 3 rings (SSSR count). The van der Waals surface area contributed by atoms with Crippen molar-refractivity contribution in [3.63, 3.8) is 0 Å². The minimum Gasteiger partial charge on any atom is -0.455 e. The van der Waals surface area contributed by atoms with Crippen LogP contribution in [0.25, 0.3) is 11.0 Å². The van der Waals surface area contributed by atoms with Crippen LogP contribution in [0.4, 0.5) is 8.78 Å². The predicted molar refractivity (Wildman–Crippen MR) is 64.4 cm³/mol. The number of rotatable bonds is 2. The second-order valence-corrected chi connectivity index (χ2v) is 4.11. The van der Waals surface area contributed by atoms with Crippen LogP contribution in [0.2, 0.25) is 0 Å². The first-order chi connectivity index (χ1) is 9.15. The van der Waals surface area contributed by atoms with Gasteiger partial charge < -0.3 is 9.52 Å². The van der Waals surface area contributed by atoms with Gasteiger partial charge in [-0.15, -0.1) is 0 Å². The summed E-state index contributed by atoms with van der Waals surface area (Å²) in [5, 5.41) is 10.6. The molecule has 5 heteroatoms. The summed E-state index contributed by atoms with van der Waals surface area (Å²) in [5.41, 5.74) is 0.319. The summed E-state index contributed by atoms with van der Waals surface area (Å²) in [7, 11) is 0. The largest absolute Gasteiger partial charge is 0.455 e. The highest BCUT2D eigenvalue weighted by atomic mass is 19.1. The Balaban J connectivity index is 2.04. The zero-order valence-electron chi connectivity index (χ0n) is 9.68. The van der Waals surface area contributed by atoms with E-state index < -0.39 is 17.7 Å². The summed E-state index contributed by atoms with van der Waals surface area (Å²) >= 11 is 0. The number of aliphatic hydroxyl groups is 1. The number of pyridine rings is 1. The molecule has 0 aliphatic carbocycles. The monoisotopic (exact) mass is 261 g/mol. The van der Waals surface area contributed by atoms with E-state index in [4.69, 9.17) is 4.42 Å². The number of hydrogen-bond donors (Lipinski definition) is 1. The minimum absolute atomic E-state index is 0.0821. The van der Waals surface area contributed by atoms with Crippen molar-refractivity contribution in [2.45, 2.75) is 6.10 Å². The molecular formula is C14H9F2NO2. The van der Waals surface area contributed by atoms with Gasteiger partial charge in [0.1, 0.15) is 11.6 Å². The highest BCUT2D eigenvalue weighted by molar-refractivity contribution is 5.78. The first kappa shape index (κ1) is 11.8. The highest BCUT2D eigenvalue weighted by Crippen LogP contribution is 2.28. The molecule has 3 aromatic rings. The van der Waals surface area contributed by atoms with Crippen molar-refractivity contribution in [2.24, 2.45) is 0 Å².